The van der Waals surface area contributed by atoms with E-state index in [-0.39, 0.29) is 5.91 Å². The highest BCUT2D eigenvalue weighted by Gasteiger charge is 2.20. The van der Waals surface area contributed by atoms with Crippen molar-refractivity contribution in [3.05, 3.63) is 35.9 Å². The van der Waals surface area contributed by atoms with Crippen molar-refractivity contribution in [2.45, 2.75) is 39.5 Å². The highest BCUT2D eigenvalue weighted by atomic mass is 16.2. The molecule has 22 heavy (non-hydrogen) atoms. The molecule has 0 saturated carbocycles. The van der Waals surface area contributed by atoms with Gasteiger partial charge < -0.3 is 5.32 Å². The van der Waals surface area contributed by atoms with Gasteiger partial charge >= 0.3 is 0 Å². The summed E-state index contributed by atoms with van der Waals surface area (Å²) < 4.78 is 0. The van der Waals surface area contributed by atoms with Crippen molar-refractivity contribution >= 4 is 5.91 Å². The van der Waals surface area contributed by atoms with Gasteiger partial charge in [0.1, 0.15) is 0 Å². The molecular weight excluding hydrogens is 272 g/mol. The third kappa shape index (κ3) is 6.18. The van der Waals surface area contributed by atoms with Crippen LogP contribution < -0.4 is 5.32 Å². The summed E-state index contributed by atoms with van der Waals surface area (Å²) in [5.41, 5.74) is 1.44. The van der Waals surface area contributed by atoms with Gasteiger partial charge in [-0.05, 0) is 56.2 Å². The monoisotopic (exact) mass is 302 g/mol. The quantitative estimate of drug-likeness (QED) is 0.839. The maximum Gasteiger partial charge on any atom is 0.234 e. The minimum absolute atomic E-state index is 0.183. The number of rotatable bonds is 7. The summed E-state index contributed by atoms with van der Waals surface area (Å²) in [6, 6.07) is 10.7. The maximum absolute atomic E-state index is 11.9. The molecule has 0 atom stereocenters. The summed E-state index contributed by atoms with van der Waals surface area (Å²) >= 11 is 0. The van der Waals surface area contributed by atoms with E-state index >= 15 is 0 Å². The average molecular weight is 302 g/mol. The van der Waals surface area contributed by atoms with Crippen LogP contribution in [0.2, 0.25) is 0 Å². The second-order valence-electron chi connectivity index (χ2n) is 6.94. The highest BCUT2D eigenvalue weighted by Crippen LogP contribution is 2.21. The Labute approximate surface area is 135 Å². The Balaban J connectivity index is 1.63. The van der Waals surface area contributed by atoms with E-state index in [0.717, 1.165) is 32.0 Å². The van der Waals surface area contributed by atoms with Gasteiger partial charge in [0.2, 0.25) is 5.91 Å². The van der Waals surface area contributed by atoms with E-state index in [4.69, 9.17) is 0 Å². The van der Waals surface area contributed by atoms with Gasteiger partial charge in [0.15, 0.2) is 0 Å². The fourth-order valence-electron chi connectivity index (χ4n) is 3.06. The standard InChI is InChI=1S/C19H30N2O/c1-16(2)8-11-20-19(22)15-21-12-9-18(10-13-21)14-17-6-4-3-5-7-17/h3-7,16,18H,8-15H2,1-2H3,(H,20,22). The summed E-state index contributed by atoms with van der Waals surface area (Å²) in [6.07, 6.45) is 4.64. The molecule has 1 aromatic carbocycles. The number of hydrogen-bond acceptors (Lipinski definition) is 2. The number of nitrogens with zero attached hydrogens (tertiary/aromatic N) is 1. The normalized spacial score (nSPS) is 16.9. The van der Waals surface area contributed by atoms with Gasteiger partial charge in [0.25, 0.3) is 0 Å². The van der Waals surface area contributed by atoms with E-state index in [1.165, 1.54) is 24.8 Å². The zero-order valence-electron chi connectivity index (χ0n) is 14.1. The highest BCUT2D eigenvalue weighted by molar-refractivity contribution is 5.77. The molecule has 0 spiro atoms. The molecule has 3 heteroatoms. The van der Waals surface area contributed by atoms with Gasteiger partial charge in [-0.25, -0.2) is 0 Å². The summed E-state index contributed by atoms with van der Waals surface area (Å²) in [5, 5.41) is 3.03. The first-order valence-corrected chi connectivity index (χ1v) is 8.66. The van der Waals surface area contributed by atoms with Gasteiger partial charge in [-0.15, -0.1) is 0 Å². The zero-order chi connectivity index (χ0) is 15.8. The van der Waals surface area contributed by atoms with Crippen LogP contribution in [0.5, 0.6) is 0 Å². The van der Waals surface area contributed by atoms with Gasteiger partial charge in [-0.1, -0.05) is 44.2 Å². The number of carbonyl (C=O) groups is 1. The molecule has 0 unspecified atom stereocenters. The molecule has 1 aliphatic rings. The Kier molecular flexibility index (Phi) is 6.91. The number of hydrogen-bond donors (Lipinski definition) is 1. The van der Waals surface area contributed by atoms with E-state index in [9.17, 15) is 4.79 Å². The molecule has 1 aliphatic heterocycles. The first-order chi connectivity index (χ1) is 10.6. The fourth-order valence-corrected chi connectivity index (χ4v) is 3.06. The number of amides is 1. The molecule has 1 N–H and O–H groups in total. The molecule has 122 valence electrons. The van der Waals surface area contributed by atoms with Crippen molar-refractivity contribution in [1.82, 2.24) is 10.2 Å². The van der Waals surface area contributed by atoms with Crippen LogP contribution >= 0.6 is 0 Å². The maximum atomic E-state index is 11.9. The molecule has 0 bridgehead atoms. The lowest BCUT2D eigenvalue weighted by molar-refractivity contribution is -0.122. The van der Waals surface area contributed by atoms with E-state index in [1.807, 2.05) is 0 Å². The second kappa shape index (κ2) is 8.94. The number of likely N-dealkylation sites (tertiary alicyclic amines) is 1. The average Bonchev–Trinajstić information content (AvgIpc) is 2.50. The van der Waals surface area contributed by atoms with E-state index in [1.54, 1.807) is 0 Å². The van der Waals surface area contributed by atoms with Crippen molar-refractivity contribution in [3.8, 4) is 0 Å². The Morgan fingerprint density at radius 1 is 1.23 bits per heavy atom. The minimum Gasteiger partial charge on any atom is -0.355 e. The van der Waals surface area contributed by atoms with Crippen LogP contribution in [0.3, 0.4) is 0 Å². The van der Waals surface area contributed by atoms with Crippen molar-refractivity contribution in [1.29, 1.82) is 0 Å². The van der Waals surface area contributed by atoms with Crippen molar-refractivity contribution < 1.29 is 4.79 Å². The Morgan fingerprint density at radius 3 is 2.55 bits per heavy atom. The van der Waals surface area contributed by atoms with Gasteiger partial charge in [-0.3, -0.25) is 9.69 Å². The number of piperidine rings is 1. The smallest absolute Gasteiger partial charge is 0.234 e. The molecule has 0 aromatic heterocycles. The van der Waals surface area contributed by atoms with Crippen LogP contribution in [0.1, 0.15) is 38.7 Å². The Morgan fingerprint density at radius 2 is 1.91 bits per heavy atom. The molecule has 3 nitrogen and oxygen atoms in total. The van der Waals surface area contributed by atoms with Crippen LogP contribution in [0.15, 0.2) is 30.3 Å². The zero-order valence-corrected chi connectivity index (χ0v) is 14.1. The van der Waals surface area contributed by atoms with Gasteiger partial charge in [-0.2, -0.15) is 0 Å². The summed E-state index contributed by atoms with van der Waals surface area (Å²) in [4.78, 5) is 14.2. The predicted octanol–water partition coefficient (Wildman–Crippen LogP) is 3.10. The lowest BCUT2D eigenvalue weighted by Gasteiger charge is -2.31. The first kappa shape index (κ1) is 17.0. The summed E-state index contributed by atoms with van der Waals surface area (Å²) in [7, 11) is 0. The molecular formula is C19H30N2O. The SMILES string of the molecule is CC(C)CCNC(=O)CN1CCC(Cc2ccccc2)CC1. The molecule has 0 radical (unpaired) electrons. The molecule has 1 saturated heterocycles. The molecule has 2 rings (SSSR count). The predicted molar refractivity (Wildman–Crippen MR) is 91.8 cm³/mol. The topological polar surface area (TPSA) is 32.3 Å². The third-order valence-electron chi connectivity index (χ3n) is 4.49. The van der Waals surface area contributed by atoms with Crippen LogP contribution in [0.25, 0.3) is 0 Å². The van der Waals surface area contributed by atoms with Crippen LogP contribution in [0, 0.1) is 11.8 Å². The van der Waals surface area contributed by atoms with Crippen molar-refractivity contribution in [2.24, 2.45) is 11.8 Å². The van der Waals surface area contributed by atoms with Crippen molar-refractivity contribution in [2.75, 3.05) is 26.2 Å². The van der Waals surface area contributed by atoms with Gasteiger partial charge in [0.05, 0.1) is 6.54 Å². The van der Waals surface area contributed by atoms with E-state index < -0.39 is 0 Å². The second-order valence-corrected chi connectivity index (χ2v) is 6.94. The molecule has 1 fully saturated rings. The molecule has 1 aromatic rings. The third-order valence-corrected chi connectivity index (χ3v) is 4.49. The fraction of sp³-hybridized carbons (Fsp3) is 0.632. The minimum atomic E-state index is 0.183. The molecule has 0 aliphatic carbocycles. The van der Waals surface area contributed by atoms with Crippen molar-refractivity contribution in [3.63, 3.8) is 0 Å². The Hall–Kier alpha value is -1.35. The first-order valence-electron chi connectivity index (χ1n) is 8.66. The molecule has 1 amide bonds. The van der Waals surface area contributed by atoms with Gasteiger partial charge in [0, 0.05) is 6.54 Å². The number of benzene rings is 1. The number of carbonyl (C=O) groups excluding carboxylic acids is 1. The lowest BCUT2D eigenvalue weighted by Crippen LogP contribution is -2.42. The Bertz CT molecular complexity index is 436. The van der Waals surface area contributed by atoms with Crippen LogP contribution in [-0.4, -0.2) is 37.0 Å². The number of nitrogens with one attached hydrogen (secondary N) is 1. The summed E-state index contributed by atoms with van der Waals surface area (Å²) in [6.45, 7) is 7.84. The largest absolute Gasteiger partial charge is 0.355 e. The van der Waals surface area contributed by atoms with Crippen LogP contribution in [-0.2, 0) is 11.2 Å². The van der Waals surface area contributed by atoms with E-state index in [0.29, 0.717) is 12.5 Å². The molecule has 1 heterocycles. The lowest BCUT2D eigenvalue weighted by atomic mass is 9.90. The summed E-state index contributed by atoms with van der Waals surface area (Å²) in [5.74, 6) is 1.60. The van der Waals surface area contributed by atoms with Crippen LogP contribution in [0.4, 0.5) is 0 Å². The van der Waals surface area contributed by atoms with E-state index in [2.05, 4.69) is 54.4 Å².